The highest BCUT2D eigenvalue weighted by Crippen LogP contribution is 2.24. The summed E-state index contributed by atoms with van der Waals surface area (Å²) < 4.78 is 5.35. The Bertz CT molecular complexity index is 837. The minimum atomic E-state index is 0.716. The fourth-order valence-electron chi connectivity index (χ4n) is 2.49. The van der Waals surface area contributed by atoms with E-state index in [1.807, 2.05) is 31.5 Å². The molecule has 0 spiro atoms. The molecule has 0 aliphatic rings. The summed E-state index contributed by atoms with van der Waals surface area (Å²) in [6.45, 7) is 4.58. The molecule has 124 valence electrons. The first kappa shape index (κ1) is 17.0. The van der Waals surface area contributed by atoms with Gasteiger partial charge in [0.15, 0.2) is 5.16 Å². The lowest BCUT2D eigenvalue weighted by Crippen LogP contribution is -2.06. The van der Waals surface area contributed by atoms with E-state index in [0.717, 1.165) is 27.6 Å². The highest BCUT2D eigenvalue weighted by Gasteiger charge is 2.13. The molecule has 0 atom stereocenters. The number of allylic oxidation sites excluding steroid dienone is 1. The van der Waals surface area contributed by atoms with Crippen LogP contribution in [0.2, 0.25) is 0 Å². The molecular weight excluding hydrogens is 384 g/mol. The zero-order chi connectivity index (χ0) is 16.9. The summed E-state index contributed by atoms with van der Waals surface area (Å²) in [4.78, 5) is 0. The van der Waals surface area contributed by atoms with E-state index in [9.17, 15) is 0 Å². The van der Waals surface area contributed by atoms with E-state index in [4.69, 9.17) is 0 Å². The van der Waals surface area contributed by atoms with Crippen molar-refractivity contribution in [3.8, 4) is 0 Å². The number of rotatable bonds is 7. The molecule has 1 aromatic carbocycles. The van der Waals surface area contributed by atoms with Gasteiger partial charge in [-0.1, -0.05) is 45.9 Å². The molecule has 0 unspecified atom stereocenters. The van der Waals surface area contributed by atoms with Crippen LogP contribution in [0.5, 0.6) is 0 Å². The summed E-state index contributed by atoms with van der Waals surface area (Å²) in [7, 11) is 2.05. The minimum absolute atomic E-state index is 0.716. The molecule has 0 saturated heterocycles. The molecule has 0 aliphatic carbocycles. The molecule has 2 heterocycles. The summed E-state index contributed by atoms with van der Waals surface area (Å²) in [5.41, 5.74) is 2.47. The Balaban J connectivity index is 1.78. The van der Waals surface area contributed by atoms with Crippen LogP contribution in [0.1, 0.15) is 17.1 Å². The summed E-state index contributed by atoms with van der Waals surface area (Å²) in [5.74, 6) is 1.83. The number of aryl methyl sites for hydroxylation is 1. The SMILES string of the molecule is C=CCn1c(Cc2cccn2C)nnc1SCc1cccc(Br)c1. The van der Waals surface area contributed by atoms with E-state index < -0.39 is 0 Å². The van der Waals surface area contributed by atoms with Crippen LogP contribution in [0, 0.1) is 0 Å². The van der Waals surface area contributed by atoms with Gasteiger partial charge in [-0.15, -0.1) is 16.8 Å². The van der Waals surface area contributed by atoms with Crippen LogP contribution in [-0.4, -0.2) is 19.3 Å². The van der Waals surface area contributed by atoms with Crippen molar-refractivity contribution in [1.82, 2.24) is 19.3 Å². The van der Waals surface area contributed by atoms with Crippen LogP contribution < -0.4 is 0 Å². The van der Waals surface area contributed by atoms with E-state index in [1.165, 1.54) is 11.3 Å². The first-order valence-corrected chi connectivity index (χ1v) is 9.45. The number of hydrogen-bond acceptors (Lipinski definition) is 3. The van der Waals surface area contributed by atoms with Crippen LogP contribution >= 0.6 is 27.7 Å². The van der Waals surface area contributed by atoms with Gasteiger partial charge in [-0.25, -0.2) is 0 Å². The summed E-state index contributed by atoms with van der Waals surface area (Å²) in [6.07, 6.45) is 4.70. The van der Waals surface area contributed by atoms with Crippen molar-refractivity contribution in [2.75, 3.05) is 0 Å². The van der Waals surface area contributed by atoms with Crippen LogP contribution in [0.15, 0.2) is 64.9 Å². The number of aromatic nitrogens is 4. The van der Waals surface area contributed by atoms with Crippen molar-refractivity contribution in [3.05, 3.63) is 76.8 Å². The molecule has 0 radical (unpaired) electrons. The predicted molar refractivity (Wildman–Crippen MR) is 102 cm³/mol. The molecule has 24 heavy (non-hydrogen) atoms. The van der Waals surface area contributed by atoms with Crippen molar-refractivity contribution in [2.24, 2.45) is 7.05 Å². The second kappa shape index (κ2) is 7.85. The topological polar surface area (TPSA) is 35.6 Å². The number of halogens is 1. The van der Waals surface area contributed by atoms with E-state index in [1.54, 1.807) is 11.8 Å². The highest BCUT2D eigenvalue weighted by atomic mass is 79.9. The van der Waals surface area contributed by atoms with Gasteiger partial charge < -0.3 is 9.13 Å². The predicted octanol–water partition coefficient (Wildman–Crippen LogP) is 4.45. The Morgan fingerprint density at radius 3 is 2.83 bits per heavy atom. The standard InChI is InChI=1S/C18H19BrN4S/c1-3-9-23-17(12-16-8-5-10-22(16)2)20-21-18(23)24-13-14-6-4-7-15(19)11-14/h3-8,10-11H,1,9,12-13H2,2H3. The minimum Gasteiger partial charge on any atom is -0.354 e. The lowest BCUT2D eigenvalue weighted by atomic mass is 10.2. The largest absolute Gasteiger partial charge is 0.354 e. The van der Waals surface area contributed by atoms with Crippen molar-refractivity contribution in [2.45, 2.75) is 23.9 Å². The Labute approximate surface area is 154 Å². The molecule has 3 rings (SSSR count). The van der Waals surface area contributed by atoms with E-state index in [0.29, 0.717) is 6.54 Å². The van der Waals surface area contributed by atoms with Crippen LogP contribution in [0.25, 0.3) is 0 Å². The van der Waals surface area contributed by atoms with Gasteiger partial charge in [0.25, 0.3) is 0 Å². The Morgan fingerprint density at radius 2 is 2.12 bits per heavy atom. The molecule has 0 amide bonds. The average Bonchev–Trinajstić information content (AvgIpc) is 3.14. The van der Waals surface area contributed by atoms with E-state index >= 15 is 0 Å². The molecule has 0 bridgehead atoms. The average molecular weight is 403 g/mol. The number of thioether (sulfide) groups is 1. The smallest absolute Gasteiger partial charge is 0.191 e. The molecule has 0 fully saturated rings. The summed E-state index contributed by atoms with van der Waals surface area (Å²) in [5, 5.41) is 9.72. The fourth-order valence-corrected chi connectivity index (χ4v) is 3.84. The van der Waals surface area contributed by atoms with Crippen molar-refractivity contribution in [1.29, 1.82) is 0 Å². The lowest BCUT2D eigenvalue weighted by molar-refractivity contribution is 0.681. The van der Waals surface area contributed by atoms with E-state index in [2.05, 4.69) is 66.1 Å². The first-order chi connectivity index (χ1) is 11.7. The fraction of sp³-hybridized carbons (Fsp3) is 0.222. The maximum absolute atomic E-state index is 4.40. The van der Waals surface area contributed by atoms with Gasteiger partial charge in [0.2, 0.25) is 0 Å². The van der Waals surface area contributed by atoms with Crippen molar-refractivity contribution in [3.63, 3.8) is 0 Å². The van der Waals surface area contributed by atoms with Gasteiger partial charge in [-0.2, -0.15) is 0 Å². The third-order valence-corrected chi connectivity index (χ3v) is 5.28. The normalized spacial score (nSPS) is 10.9. The monoisotopic (exact) mass is 402 g/mol. The van der Waals surface area contributed by atoms with Crippen molar-refractivity contribution < 1.29 is 0 Å². The highest BCUT2D eigenvalue weighted by molar-refractivity contribution is 9.10. The zero-order valence-electron chi connectivity index (χ0n) is 13.5. The lowest BCUT2D eigenvalue weighted by Gasteiger charge is -2.08. The summed E-state index contributed by atoms with van der Waals surface area (Å²) >= 11 is 5.21. The second-order valence-corrected chi connectivity index (χ2v) is 7.36. The second-order valence-electron chi connectivity index (χ2n) is 5.50. The first-order valence-electron chi connectivity index (χ1n) is 7.68. The van der Waals surface area contributed by atoms with Gasteiger partial charge >= 0.3 is 0 Å². The number of hydrogen-bond donors (Lipinski definition) is 0. The molecule has 6 heteroatoms. The third-order valence-electron chi connectivity index (χ3n) is 3.75. The molecule has 2 aromatic heterocycles. The zero-order valence-corrected chi connectivity index (χ0v) is 15.9. The van der Waals surface area contributed by atoms with Crippen LogP contribution in [-0.2, 0) is 25.8 Å². The Morgan fingerprint density at radius 1 is 1.25 bits per heavy atom. The third kappa shape index (κ3) is 3.99. The quantitative estimate of drug-likeness (QED) is 0.432. The molecule has 3 aromatic rings. The molecular formula is C18H19BrN4S. The Kier molecular flexibility index (Phi) is 5.58. The Hall–Kier alpha value is -1.79. The maximum atomic E-state index is 4.40. The van der Waals surface area contributed by atoms with Crippen molar-refractivity contribution >= 4 is 27.7 Å². The molecule has 0 N–H and O–H groups in total. The molecule has 0 saturated carbocycles. The maximum Gasteiger partial charge on any atom is 0.191 e. The van der Waals surface area contributed by atoms with Gasteiger partial charge in [0.05, 0.1) is 0 Å². The number of nitrogens with zero attached hydrogens (tertiary/aromatic N) is 4. The molecule has 0 aliphatic heterocycles. The summed E-state index contributed by atoms with van der Waals surface area (Å²) in [6, 6.07) is 12.5. The van der Waals surface area contributed by atoms with Crippen LogP contribution in [0.4, 0.5) is 0 Å². The van der Waals surface area contributed by atoms with Gasteiger partial charge in [-0.3, -0.25) is 0 Å². The van der Waals surface area contributed by atoms with Crippen LogP contribution in [0.3, 0.4) is 0 Å². The van der Waals surface area contributed by atoms with Gasteiger partial charge in [0, 0.05) is 42.1 Å². The van der Waals surface area contributed by atoms with Gasteiger partial charge in [-0.05, 0) is 29.8 Å². The van der Waals surface area contributed by atoms with E-state index in [-0.39, 0.29) is 0 Å². The molecule has 4 nitrogen and oxygen atoms in total. The van der Waals surface area contributed by atoms with Gasteiger partial charge in [0.1, 0.15) is 5.82 Å². The number of benzene rings is 1.